The van der Waals surface area contributed by atoms with E-state index in [1.807, 2.05) is 42.5 Å². The number of anilines is 1. The smallest absolute Gasteiger partial charge is 0.193 e. The Kier molecular flexibility index (Phi) is 9.64. The zero-order valence-electron chi connectivity index (χ0n) is 15.3. The third-order valence-electron chi connectivity index (χ3n) is 3.72. The van der Waals surface area contributed by atoms with E-state index in [1.165, 1.54) is 5.56 Å². The summed E-state index contributed by atoms with van der Waals surface area (Å²) >= 11 is 0. The van der Waals surface area contributed by atoms with Gasteiger partial charge < -0.3 is 25.3 Å². The lowest BCUT2D eigenvalue weighted by atomic mass is 10.1. The molecule has 0 aromatic heterocycles. The van der Waals surface area contributed by atoms with E-state index >= 15 is 0 Å². The average molecular weight is 471 g/mol. The molecule has 3 N–H and O–H groups in total. The highest BCUT2D eigenvalue weighted by Crippen LogP contribution is 2.27. The van der Waals surface area contributed by atoms with Crippen LogP contribution >= 0.6 is 24.0 Å². The van der Waals surface area contributed by atoms with Crippen molar-refractivity contribution in [2.24, 2.45) is 10.7 Å². The number of halogens is 1. The topological polar surface area (TPSA) is 78.1 Å². The highest BCUT2D eigenvalue weighted by atomic mass is 127. The van der Waals surface area contributed by atoms with Crippen LogP contribution in [0.2, 0.25) is 0 Å². The molecule has 0 amide bonds. The molecular formula is C19H26IN3O3. The maximum atomic E-state index is 5.91. The molecule has 0 radical (unpaired) electrons. The van der Waals surface area contributed by atoms with E-state index in [1.54, 1.807) is 21.3 Å². The van der Waals surface area contributed by atoms with Crippen LogP contribution in [0.1, 0.15) is 12.0 Å². The molecule has 0 aliphatic carbocycles. The normalized spacial score (nSPS) is 10.7. The van der Waals surface area contributed by atoms with Gasteiger partial charge in [-0.1, -0.05) is 6.07 Å². The van der Waals surface area contributed by atoms with Gasteiger partial charge in [-0.05, 0) is 54.8 Å². The molecule has 0 unspecified atom stereocenters. The van der Waals surface area contributed by atoms with Crippen molar-refractivity contribution in [3.05, 3.63) is 48.0 Å². The number of methoxy groups -OCH3 is 3. The Morgan fingerprint density at radius 3 is 2.27 bits per heavy atom. The summed E-state index contributed by atoms with van der Waals surface area (Å²) < 4.78 is 15.7. The van der Waals surface area contributed by atoms with Crippen molar-refractivity contribution in [1.82, 2.24) is 0 Å². The van der Waals surface area contributed by atoms with Crippen molar-refractivity contribution in [3.63, 3.8) is 0 Å². The summed E-state index contributed by atoms with van der Waals surface area (Å²) in [6.45, 7) is 0.642. The molecule has 26 heavy (non-hydrogen) atoms. The lowest BCUT2D eigenvalue weighted by Crippen LogP contribution is -2.22. The second kappa shape index (κ2) is 11.5. The number of guanidine groups is 1. The molecule has 0 heterocycles. The standard InChI is InChI=1S/C19H25N3O3.HI/c1-23-16-9-7-15(8-10-16)22-19(20)21-12-4-5-14-6-11-17(24-2)18(13-14)25-3;/h6-11,13H,4-5,12H2,1-3H3,(H3,20,21,22);1H. The molecule has 2 aromatic rings. The lowest BCUT2D eigenvalue weighted by Gasteiger charge is -2.09. The molecule has 7 heteroatoms. The SMILES string of the molecule is COc1ccc(NC(N)=NCCCc2ccc(OC)c(OC)c2)cc1.I. The number of rotatable bonds is 8. The fourth-order valence-corrected chi connectivity index (χ4v) is 2.38. The van der Waals surface area contributed by atoms with E-state index in [0.29, 0.717) is 12.5 Å². The van der Waals surface area contributed by atoms with Gasteiger partial charge in [0, 0.05) is 12.2 Å². The first kappa shape index (κ1) is 21.9. The van der Waals surface area contributed by atoms with Gasteiger partial charge in [-0.2, -0.15) is 0 Å². The van der Waals surface area contributed by atoms with E-state index in [2.05, 4.69) is 10.3 Å². The lowest BCUT2D eigenvalue weighted by molar-refractivity contribution is 0.354. The Morgan fingerprint density at radius 2 is 1.65 bits per heavy atom. The van der Waals surface area contributed by atoms with Gasteiger partial charge in [0.2, 0.25) is 0 Å². The van der Waals surface area contributed by atoms with Crippen molar-refractivity contribution in [3.8, 4) is 17.2 Å². The van der Waals surface area contributed by atoms with E-state index < -0.39 is 0 Å². The zero-order chi connectivity index (χ0) is 18.1. The number of nitrogens with two attached hydrogens (primary N) is 1. The van der Waals surface area contributed by atoms with Crippen LogP contribution in [0.3, 0.4) is 0 Å². The molecule has 0 saturated carbocycles. The molecule has 6 nitrogen and oxygen atoms in total. The summed E-state index contributed by atoms with van der Waals surface area (Å²) in [6, 6.07) is 13.5. The van der Waals surface area contributed by atoms with Crippen molar-refractivity contribution in [2.75, 3.05) is 33.2 Å². The van der Waals surface area contributed by atoms with E-state index in [4.69, 9.17) is 19.9 Å². The number of aryl methyl sites for hydroxylation is 1. The number of ether oxygens (including phenoxy) is 3. The van der Waals surface area contributed by atoms with Crippen molar-refractivity contribution in [2.45, 2.75) is 12.8 Å². The van der Waals surface area contributed by atoms with Gasteiger partial charge in [0.1, 0.15) is 5.75 Å². The van der Waals surface area contributed by atoms with Crippen LogP contribution in [0, 0.1) is 0 Å². The molecule has 0 bridgehead atoms. The zero-order valence-corrected chi connectivity index (χ0v) is 17.7. The fraction of sp³-hybridized carbons (Fsp3) is 0.316. The predicted octanol–water partition coefficient (Wildman–Crippen LogP) is 3.69. The van der Waals surface area contributed by atoms with E-state index in [-0.39, 0.29) is 24.0 Å². The average Bonchev–Trinajstić information content (AvgIpc) is 2.65. The quantitative estimate of drug-likeness (QED) is 0.266. The Morgan fingerprint density at radius 1 is 0.962 bits per heavy atom. The second-order valence-corrected chi connectivity index (χ2v) is 5.41. The Hall–Kier alpha value is -2.16. The minimum atomic E-state index is 0. The number of hydrogen-bond acceptors (Lipinski definition) is 4. The molecule has 0 saturated heterocycles. The van der Waals surface area contributed by atoms with Gasteiger partial charge in [0.05, 0.1) is 21.3 Å². The molecule has 2 aromatic carbocycles. The van der Waals surface area contributed by atoms with Crippen LogP contribution in [-0.4, -0.2) is 33.8 Å². The third-order valence-corrected chi connectivity index (χ3v) is 3.72. The first-order valence-electron chi connectivity index (χ1n) is 8.08. The number of nitrogens with zero attached hydrogens (tertiary/aromatic N) is 1. The number of hydrogen-bond donors (Lipinski definition) is 2. The highest BCUT2D eigenvalue weighted by molar-refractivity contribution is 14.0. The van der Waals surface area contributed by atoms with Crippen LogP contribution in [0.15, 0.2) is 47.5 Å². The van der Waals surface area contributed by atoms with Gasteiger partial charge in [-0.15, -0.1) is 24.0 Å². The molecule has 2 rings (SSSR count). The maximum absolute atomic E-state index is 5.91. The predicted molar refractivity (Wildman–Crippen MR) is 116 cm³/mol. The van der Waals surface area contributed by atoms with Gasteiger partial charge in [0.15, 0.2) is 17.5 Å². The van der Waals surface area contributed by atoms with Crippen LogP contribution in [0.5, 0.6) is 17.2 Å². The van der Waals surface area contributed by atoms with Gasteiger partial charge in [-0.3, -0.25) is 4.99 Å². The maximum Gasteiger partial charge on any atom is 0.193 e. The fourth-order valence-electron chi connectivity index (χ4n) is 2.38. The Balaban J connectivity index is 0.00000338. The monoisotopic (exact) mass is 471 g/mol. The van der Waals surface area contributed by atoms with Gasteiger partial charge in [-0.25, -0.2) is 0 Å². The number of nitrogens with one attached hydrogen (secondary N) is 1. The molecule has 0 spiro atoms. The summed E-state index contributed by atoms with van der Waals surface area (Å²) in [5.74, 6) is 2.68. The largest absolute Gasteiger partial charge is 0.497 e. The second-order valence-electron chi connectivity index (χ2n) is 5.41. The molecule has 0 atom stereocenters. The minimum absolute atomic E-state index is 0. The van der Waals surface area contributed by atoms with Crippen LogP contribution in [-0.2, 0) is 6.42 Å². The minimum Gasteiger partial charge on any atom is -0.497 e. The highest BCUT2D eigenvalue weighted by Gasteiger charge is 2.04. The first-order chi connectivity index (χ1) is 12.2. The first-order valence-corrected chi connectivity index (χ1v) is 8.08. The van der Waals surface area contributed by atoms with Crippen LogP contribution < -0.4 is 25.3 Å². The number of aliphatic imine (C=N–C) groups is 1. The van der Waals surface area contributed by atoms with Crippen LogP contribution in [0.4, 0.5) is 5.69 Å². The van der Waals surface area contributed by atoms with E-state index in [9.17, 15) is 0 Å². The summed E-state index contributed by atoms with van der Waals surface area (Å²) in [4.78, 5) is 4.35. The number of benzene rings is 2. The van der Waals surface area contributed by atoms with Gasteiger partial charge in [0.25, 0.3) is 0 Å². The van der Waals surface area contributed by atoms with E-state index in [0.717, 1.165) is 35.8 Å². The summed E-state index contributed by atoms with van der Waals surface area (Å²) in [7, 11) is 4.90. The summed E-state index contributed by atoms with van der Waals surface area (Å²) in [5, 5.41) is 3.06. The van der Waals surface area contributed by atoms with Crippen molar-refractivity contribution in [1.29, 1.82) is 0 Å². The Labute approximate surface area is 171 Å². The van der Waals surface area contributed by atoms with Gasteiger partial charge >= 0.3 is 0 Å². The molecule has 0 aliphatic heterocycles. The van der Waals surface area contributed by atoms with Crippen molar-refractivity contribution >= 4 is 35.6 Å². The molecular weight excluding hydrogens is 445 g/mol. The summed E-state index contributed by atoms with van der Waals surface area (Å²) in [6.07, 6.45) is 1.78. The molecule has 142 valence electrons. The molecule has 0 aliphatic rings. The molecule has 0 fully saturated rings. The van der Waals surface area contributed by atoms with Crippen molar-refractivity contribution < 1.29 is 14.2 Å². The Bertz CT molecular complexity index is 706. The van der Waals surface area contributed by atoms with Crippen LogP contribution in [0.25, 0.3) is 0 Å². The summed E-state index contributed by atoms with van der Waals surface area (Å²) in [5.41, 5.74) is 7.96. The third kappa shape index (κ3) is 6.62.